The summed E-state index contributed by atoms with van der Waals surface area (Å²) in [7, 11) is 0. The van der Waals surface area contributed by atoms with Gasteiger partial charge in [0.15, 0.2) is 11.3 Å². The number of unbranched alkanes of at least 4 members (excludes halogenated alkanes) is 1. The van der Waals surface area contributed by atoms with Crippen molar-refractivity contribution in [1.29, 1.82) is 0 Å². The summed E-state index contributed by atoms with van der Waals surface area (Å²) in [5, 5.41) is 23.2. The van der Waals surface area contributed by atoms with Crippen molar-refractivity contribution in [2.45, 2.75) is 49.7 Å². The predicted octanol–water partition coefficient (Wildman–Crippen LogP) is -2.78. The minimum atomic E-state index is -2.50. The lowest BCUT2D eigenvalue weighted by Crippen LogP contribution is -2.64. The fourth-order valence-electron chi connectivity index (χ4n) is 2.41. The maximum absolute atomic E-state index is 12.4. The van der Waals surface area contributed by atoms with Gasteiger partial charge >= 0.3 is 5.97 Å². The van der Waals surface area contributed by atoms with Crippen LogP contribution in [-0.2, 0) is 19.2 Å². The molecular formula is C14H24N4O6. The van der Waals surface area contributed by atoms with Crippen LogP contribution in [0.1, 0.15) is 32.1 Å². The molecule has 136 valence electrons. The first-order valence-electron chi connectivity index (χ1n) is 7.73. The van der Waals surface area contributed by atoms with E-state index in [0.717, 1.165) is 0 Å². The van der Waals surface area contributed by atoms with Crippen LogP contribution in [0.3, 0.4) is 0 Å². The van der Waals surface area contributed by atoms with Gasteiger partial charge in [-0.1, -0.05) is 0 Å². The molecule has 1 fully saturated rings. The highest BCUT2D eigenvalue weighted by atomic mass is 16.4. The predicted molar refractivity (Wildman–Crippen MR) is 82.6 cm³/mol. The normalized spacial score (nSPS) is 20.8. The van der Waals surface area contributed by atoms with Crippen molar-refractivity contribution in [1.82, 2.24) is 10.6 Å². The first kappa shape index (κ1) is 20.0. The standard InChI is InChI=1S/C14H24N4O6/c15-6-2-1-3-8(11(21)14(16,7-19)13(23)24)18-12(22)9-4-5-10(20)17-9/h8-9,19H,1-7,15-16H2,(H,17,20)(H,18,22)(H,23,24). The number of carboxylic acid groups (broad SMARTS) is 1. The van der Waals surface area contributed by atoms with E-state index in [2.05, 4.69) is 10.6 Å². The van der Waals surface area contributed by atoms with Crippen molar-refractivity contribution < 1.29 is 29.4 Å². The van der Waals surface area contributed by atoms with Gasteiger partial charge in [0.1, 0.15) is 6.04 Å². The molecule has 1 aliphatic heterocycles. The molecule has 0 bridgehead atoms. The maximum atomic E-state index is 12.4. The van der Waals surface area contributed by atoms with E-state index in [-0.39, 0.29) is 18.7 Å². The average Bonchev–Trinajstić information content (AvgIpc) is 2.98. The third kappa shape index (κ3) is 4.73. The van der Waals surface area contributed by atoms with Crippen molar-refractivity contribution >= 4 is 23.6 Å². The number of aliphatic hydroxyl groups is 1. The summed E-state index contributed by atoms with van der Waals surface area (Å²) >= 11 is 0. The van der Waals surface area contributed by atoms with Crippen molar-refractivity contribution in [2.24, 2.45) is 11.5 Å². The zero-order valence-electron chi connectivity index (χ0n) is 13.3. The number of hydrogen-bond donors (Lipinski definition) is 6. The van der Waals surface area contributed by atoms with Gasteiger partial charge in [-0.05, 0) is 32.2 Å². The molecule has 10 nitrogen and oxygen atoms in total. The fourth-order valence-corrected chi connectivity index (χ4v) is 2.41. The van der Waals surface area contributed by atoms with Gasteiger partial charge in [0.2, 0.25) is 11.8 Å². The summed E-state index contributed by atoms with van der Waals surface area (Å²) in [6.45, 7) is -0.717. The van der Waals surface area contributed by atoms with Crippen molar-refractivity contribution in [3.05, 3.63) is 0 Å². The van der Waals surface area contributed by atoms with Crippen LogP contribution in [0.4, 0.5) is 0 Å². The summed E-state index contributed by atoms with van der Waals surface area (Å²) in [6.07, 6.45) is 1.67. The third-order valence-electron chi connectivity index (χ3n) is 3.96. The number of carbonyl (C=O) groups is 4. The summed E-state index contributed by atoms with van der Waals surface area (Å²) in [4.78, 5) is 47.0. The molecule has 10 heteroatoms. The second-order valence-electron chi connectivity index (χ2n) is 5.80. The van der Waals surface area contributed by atoms with Crippen LogP contribution in [0.5, 0.6) is 0 Å². The Kier molecular flexibility index (Phi) is 7.26. The summed E-state index contributed by atoms with van der Waals surface area (Å²) in [6, 6.07) is -1.96. The Hall–Kier alpha value is -2.04. The Morgan fingerprint density at radius 3 is 2.50 bits per heavy atom. The molecule has 3 atom stereocenters. The number of ketones is 1. The zero-order chi connectivity index (χ0) is 18.3. The zero-order valence-corrected chi connectivity index (χ0v) is 13.3. The summed E-state index contributed by atoms with van der Waals surface area (Å²) < 4.78 is 0. The molecule has 0 aromatic carbocycles. The van der Waals surface area contributed by atoms with E-state index in [1.54, 1.807) is 0 Å². The topological polar surface area (TPSA) is 185 Å². The number of carbonyl (C=O) groups excluding carboxylic acids is 3. The maximum Gasteiger partial charge on any atom is 0.334 e. The number of nitrogens with one attached hydrogen (secondary N) is 2. The Morgan fingerprint density at radius 1 is 1.38 bits per heavy atom. The van der Waals surface area contributed by atoms with Crippen LogP contribution < -0.4 is 22.1 Å². The second kappa shape index (κ2) is 8.71. The number of nitrogens with two attached hydrogens (primary N) is 2. The molecule has 1 heterocycles. The number of aliphatic hydroxyl groups excluding tert-OH is 1. The van der Waals surface area contributed by atoms with Crippen molar-refractivity contribution in [3.8, 4) is 0 Å². The Labute approximate surface area is 138 Å². The SMILES string of the molecule is NCCCCC(NC(=O)C1CCC(=O)N1)C(=O)C(N)(CO)C(=O)O. The molecule has 0 aromatic heterocycles. The Morgan fingerprint density at radius 2 is 2.04 bits per heavy atom. The van der Waals surface area contributed by atoms with Crippen LogP contribution in [0, 0.1) is 0 Å². The number of rotatable bonds is 10. The van der Waals surface area contributed by atoms with Gasteiger partial charge in [-0.15, -0.1) is 0 Å². The lowest BCUT2D eigenvalue weighted by Gasteiger charge is -2.27. The summed E-state index contributed by atoms with van der Waals surface area (Å²) in [5.74, 6) is -3.53. The highest BCUT2D eigenvalue weighted by molar-refractivity contribution is 6.11. The lowest BCUT2D eigenvalue weighted by atomic mass is 9.88. The Bertz CT molecular complexity index is 511. The third-order valence-corrected chi connectivity index (χ3v) is 3.96. The van der Waals surface area contributed by atoms with E-state index in [1.165, 1.54) is 0 Å². The first-order chi connectivity index (χ1) is 11.3. The fraction of sp³-hybridized carbons (Fsp3) is 0.714. The van der Waals surface area contributed by atoms with Gasteiger partial charge in [-0.3, -0.25) is 14.4 Å². The van der Waals surface area contributed by atoms with Crippen molar-refractivity contribution in [2.75, 3.05) is 13.2 Å². The van der Waals surface area contributed by atoms with Gasteiger partial charge in [-0.2, -0.15) is 0 Å². The number of hydrogen-bond acceptors (Lipinski definition) is 7. The van der Waals surface area contributed by atoms with E-state index < -0.39 is 41.9 Å². The minimum absolute atomic E-state index is 0.134. The van der Waals surface area contributed by atoms with Crippen LogP contribution >= 0.6 is 0 Å². The van der Waals surface area contributed by atoms with Crippen LogP contribution in [0.25, 0.3) is 0 Å². The van der Waals surface area contributed by atoms with E-state index in [0.29, 0.717) is 25.8 Å². The molecule has 1 saturated heterocycles. The molecule has 8 N–H and O–H groups in total. The van der Waals surface area contributed by atoms with Gasteiger partial charge in [0, 0.05) is 6.42 Å². The minimum Gasteiger partial charge on any atom is -0.479 e. The molecule has 0 radical (unpaired) electrons. The molecular weight excluding hydrogens is 320 g/mol. The first-order valence-corrected chi connectivity index (χ1v) is 7.73. The van der Waals surface area contributed by atoms with E-state index in [1.807, 2.05) is 0 Å². The molecule has 24 heavy (non-hydrogen) atoms. The molecule has 0 spiro atoms. The number of carboxylic acids is 1. The average molecular weight is 344 g/mol. The largest absolute Gasteiger partial charge is 0.479 e. The quantitative estimate of drug-likeness (QED) is 0.181. The lowest BCUT2D eigenvalue weighted by molar-refractivity contribution is -0.151. The second-order valence-corrected chi connectivity index (χ2v) is 5.80. The molecule has 1 rings (SSSR count). The number of aliphatic carboxylic acids is 1. The van der Waals surface area contributed by atoms with E-state index in [4.69, 9.17) is 16.6 Å². The summed E-state index contributed by atoms with van der Waals surface area (Å²) in [5.41, 5.74) is 8.38. The smallest absolute Gasteiger partial charge is 0.334 e. The number of amides is 2. The molecule has 2 amide bonds. The molecule has 1 aliphatic rings. The highest BCUT2D eigenvalue weighted by Gasteiger charge is 2.45. The van der Waals surface area contributed by atoms with Gasteiger partial charge < -0.3 is 32.3 Å². The molecule has 3 unspecified atom stereocenters. The monoisotopic (exact) mass is 344 g/mol. The molecule has 0 aliphatic carbocycles. The van der Waals surface area contributed by atoms with Crippen LogP contribution in [-0.4, -0.2) is 64.6 Å². The molecule has 0 saturated carbocycles. The van der Waals surface area contributed by atoms with Gasteiger partial charge in [-0.25, -0.2) is 4.79 Å². The molecule has 0 aromatic rings. The van der Waals surface area contributed by atoms with Gasteiger partial charge in [0.05, 0.1) is 12.6 Å². The van der Waals surface area contributed by atoms with Gasteiger partial charge in [0.25, 0.3) is 0 Å². The Balaban J connectivity index is 2.86. The highest BCUT2D eigenvalue weighted by Crippen LogP contribution is 2.13. The van der Waals surface area contributed by atoms with E-state index in [9.17, 15) is 24.3 Å². The van der Waals surface area contributed by atoms with E-state index >= 15 is 0 Å². The van der Waals surface area contributed by atoms with Crippen LogP contribution in [0.2, 0.25) is 0 Å². The number of Topliss-reactive ketones (excluding diaryl/α,β-unsaturated/α-hetero) is 1. The van der Waals surface area contributed by atoms with Crippen molar-refractivity contribution in [3.63, 3.8) is 0 Å². The van der Waals surface area contributed by atoms with Crippen LogP contribution in [0.15, 0.2) is 0 Å².